The van der Waals surface area contributed by atoms with Crippen LogP contribution in [0, 0.1) is 40.4 Å². The fourth-order valence-corrected chi connectivity index (χ4v) is 7.85. The third kappa shape index (κ3) is 3.34. The molecule has 0 saturated heterocycles. The molecule has 0 spiro atoms. The van der Waals surface area contributed by atoms with Gasteiger partial charge in [-0.1, -0.05) is 66.0 Å². The molecule has 2 unspecified atom stereocenters. The summed E-state index contributed by atoms with van der Waals surface area (Å²) in [4.78, 5) is 0. The van der Waals surface area contributed by atoms with Crippen molar-refractivity contribution in [2.45, 2.75) is 105 Å². The van der Waals surface area contributed by atoms with Crippen molar-refractivity contribution in [3.05, 3.63) is 23.3 Å². The molecule has 0 aromatic heterocycles. The van der Waals surface area contributed by atoms with Crippen molar-refractivity contribution in [3.63, 3.8) is 0 Å². The van der Waals surface area contributed by atoms with E-state index in [1.165, 1.54) is 51.4 Å². The fourth-order valence-electron chi connectivity index (χ4n) is 7.85. The normalized spacial score (nSPS) is 43.7. The second-order valence-corrected chi connectivity index (χ2v) is 11.8. The summed E-state index contributed by atoms with van der Waals surface area (Å²) in [5.74, 6) is 4.04. The first kappa shape index (κ1) is 20.7. The lowest BCUT2D eigenvalue weighted by molar-refractivity contribution is 0.0309. The molecule has 0 heterocycles. The third-order valence-corrected chi connectivity index (χ3v) is 9.66. The predicted octanol–water partition coefficient (Wildman–Crippen LogP) is 7.31. The summed E-state index contributed by atoms with van der Waals surface area (Å²) in [6, 6.07) is 0. The molecular weight excluding hydrogens is 340 g/mol. The van der Waals surface area contributed by atoms with Gasteiger partial charge in [0.25, 0.3) is 0 Å². The molecule has 4 aliphatic rings. The Kier molecular flexibility index (Phi) is 5.62. The first-order chi connectivity index (χ1) is 13.3. The Morgan fingerprint density at radius 2 is 1.86 bits per heavy atom. The Morgan fingerprint density at radius 1 is 1.07 bits per heavy atom. The maximum Gasteiger partial charge on any atom is 0.0543 e. The van der Waals surface area contributed by atoms with Gasteiger partial charge in [-0.3, -0.25) is 0 Å². The van der Waals surface area contributed by atoms with Crippen molar-refractivity contribution in [3.8, 4) is 0 Å². The van der Waals surface area contributed by atoms with E-state index in [4.69, 9.17) is 0 Å². The van der Waals surface area contributed by atoms with Crippen molar-refractivity contribution < 1.29 is 5.11 Å². The Morgan fingerprint density at radius 3 is 2.61 bits per heavy atom. The van der Waals surface area contributed by atoms with Crippen LogP contribution < -0.4 is 0 Å². The van der Waals surface area contributed by atoms with E-state index in [0.29, 0.717) is 16.7 Å². The Bertz CT molecular complexity index is 643. The maximum absolute atomic E-state index is 10.2. The molecule has 1 nitrogen and oxygen atoms in total. The highest BCUT2D eigenvalue weighted by Crippen LogP contribution is 2.64. The summed E-state index contributed by atoms with van der Waals surface area (Å²) in [6.07, 6.45) is 17.9. The zero-order chi connectivity index (χ0) is 20.1. The van der Waals surface area contributed by atoms with Crippen LogP contribution >= 0.6 is 0 Å². The minimum Gasteiger partial charge on any atom is -0.393 e. The van der Waals surface area contributed by atoms with E-state index < -0.39 is 0 Å². The summed E-state index contributed by atoms with van der Waals surface area (Å²) >= 11 is 0. The topological polar surface area (TPSA) is 20.2 Å². The Hall–Kier alpha value is -0.560. The van der Waals surface area contributed by atoms with E-state index in [0.717, 1.165) is 36.5 Å². The second kappa shape index (κ2) is 7.60. The lowest BCUT2D eigenvalue weighted by atomic mass is 9.51. The minimum absolute atomic E-state index is 0.0648. The number of rotatable bonds is 5. The highest BCUT2D eigenvalue weighted by atomic mass is 16.3. The first-order valence-corrected chi connectivity index (χ1v) is 12.3. The molecule has 2 saturated carbocycles. The molecule has 0 radical (unpaired) electrons. The van der Waals surface area contributed by atoms with Gasteiger partial charge < -0.3 is 5.11 Å². The Balaban J connectivity index is 1.54. The third-order valence-electron chi connectivity index (χ3n) is 9.66. The van der Waals surface area contributed by atoms with Crippen LogP contribution in [0.4, 0.5) is 0 Å². The zero-order valence-electron chi connectivity index (χ0n) is 19.1. The van der Waals surface area contributed by atoms with Crippen molar-refractivity contribution in [1.82, 2.24) is 0 Å². The van der Waals surface area contributed by atoms with Gasteiger partial charge in [-0.15, -0.1) is 0 Å². The second-order valence-electron chi connectivity index (χ2n) is 11.8. The molecule has 0 bridgehead atoms. The molecule has 1 N–H and O–H groups in total. The molecule has 7 atom stereocenters. The minimum atomic E-state index is -0.0648. The van der Waals surface area contributed by atoms with Gasteiger partial charge in [0, 0.05) is 0 Å². The molecule has 0 aromatic rings. The molecule has 0 amide bonds. The van der Waals surface area contributed by atoms with E-state index >= 15 is 0 Å². The van der Waals surface area contributed by atoms with Gasteiger partial charge in [0.05, 0.1) is 6.10 Å². The van der Waals surface area contributed by atoms with E-state index in [1.807, 2.05) is 0 Å². The lowest BCUT2D eigenvalue weighted by Crippen LogP contribution is -2.44. The Labute approximate surface area is 174 Å². The van der Waals surface area contributed by atoms with Gasteiger partial charge in [-0.2, -0.15) is 0 Å². The molecule has 4 aliphatic carbocycles. The van der Waals surface area contributed by atoms with Crippen molar-refractivity contribution in [1.29, 1.82) is 0 Å². The van der Waals surface area contributed by atoms with Crippen LogP contribution in [-0.4, -0.2) is 11.2 Å². The maximum atomic E-state index is 10.2. The van der Waals surface area contributed by atoms with Crippen LogP contribution in [0.5, 0.6) is 0 Å². The summed E-state index contributed by atoms with van der Waals surface area (Å²) in [5.41, 5.74) is 4.24. The fraction of sp³-hybridized carbons (Fsp3) is 0.852. The number of aliphatic hydroxyl groups is 1. The van der Waals surface area contributed by atoms with Crippen molar-refractivity contribution in [2.24, 2.45) is 40.4 Å². The largest absolute Gasteiger partial charge is 0.393 e. The van der Waals surface area contributed by atoms with E-state index in [1.54, 1.807) is 11.1 Å². The van der Waals surface area contributed by atoms with Crippen LogP contribution in [0.3, 0.4) is 0 Å². The number of aliphatic hydroxyl groups excluding tert-OH is 1. The van der Waals surface area contributed by atoms with Crippen LogP contribution in [0.2, 0.25) is 0 Å². The standard InChI is InChI=1S/C27H44O/c1-18(2)7-6-8-19(3)23-11-12-24-22-10-9-20-17-21(28)13-15-26(20,4)25(22)14-16-27(23,24)5/h10,14,18-21,23-24,28H,6-9,11-13,15-17H2,1-5H3/t19-,20?,21+,23-,24?,26+,27-/m1/s1. The van der Waals surface area contributed by atoms with Gasteiger partial charge in [0.2, 0.25) is 0 Å². The van der Waals surface area contributed by atoms with Gasteiger partial charge in [-0.05, 0) is 96.5 Å². The average molecular weight is 385 g/mol. The zero-order valence-corrected chi connectivity index (χ0v) is 19.1. The SMILES string of the molecule is CC(C)CCC[C@@H](C)[C@H]1CCC2C3=CCC4C[C@@H](O)CC[C@]4(C)C3=CC[C@@]21C. The molecule has 2 fully saturated rings. The van der Waals surface area contributed by atoms with Crippen LogP contribution in [0.1, 0.15) is 98.8 Å². The average Bonchev–Trinajstić information content (AvgIpc) is 2.99. The van der Waals surface area contributed by atoms with Crippen LogP contribution in [0.25, 0.3) is 0 Å². The smallest absolute Gasteiger partial charge is 0.0543 e. The van der Waals surface area contributed by atoms with Gasteiger partial charge >= 0.3 is 0 Å². The molecule has 0 aliphatic heterocycles. The highest BCUT2D eigenvalue weighted by molar-refractivity contribution is 5.46. The van der Waals surface area contributed by atoms with E-state index in [9.17, 15) is 5.11 Å². The van der Waals surface area contributed by atoms with Crippen molar-refractivity contribution in [2.75, 3.05) is 0 Å². The summed E-state index contributed by atoms with van der Waals surface area (Å²) < 4.78 is 0. The molecular formula is C27H44O. The summed E-state index contributed by atoms with van der Waals surface area (Å²) in [6.45, 7) is 12.4. The molecule has 0 aromatic carbocycles. The number of hydrogen-bond acceptors (Lipinski definition) is 1. The number of allylic oxidation sites excluding steroid dienone is 4. The molecule has 158 valence electrons. The predicted molar refractivity (Wildman–Crippen MR) is 119 cm³/mol. The molecule has 4 rings (SSSR count). The van der Waals surface area contributed by atoms with Crippen molar-refractivity contribution >= 4 is 0 Å². The highest BCUT2D eigenvalue weighted by Gasteiger charge is 2.55. The van der Waals surface area contributed by atoms with Gasteiger partial charge in [0.15, 0.2) is 0 Å². The number of fused-ring (bicyclic) bond motifs is 5. The quantitative estimate of drug-likeness (QED) is 0.527. The summed E-state index contributed by atoms with van der Waals surface area (Å²) in [5, 5.41) is 10.2. The molecule has 1 heteroatoms. The lowest BCUT2D eigenvalue weighted by Gasteiger charge is -2.53. The molecule has 28 heavy (non-hydrogen) atoms. The monoisotopic (exact) mass is 384 g/mol. The first-order valence-electron chi connectivity index (χ1n) is 12.3. The van der Waals surface area contributed by atoms with Crippen LogP contribution in [-0.2, 0) is 0 Å². The van der Waals surface area contributed by atoms with E-state index in [2.05, 4.69) is 46.8 Å². The van der Waals surface area contributed by atoms with E-state index in [-0.39, 0.29) is 6.10 Å². The van der Waals surface area contributed by atoms with Gasteiger partial charge in [-0.25, -0.2) is 0 Å². The van der Waals surface area contributed by atoms with Crippen LogP contribution in [0.15, 0.2) is 23.3 Å². The van der Waals surface area contributed by atoms with Gasteiger partial charge in [0.1, 0.15) is 0 Å². The number of hydrogen-bond donors (Lipinski definition) is 1. The summed E-state index contributed by atoms with van der Waals surface area (Å²) in [7, 11) is 0.